The van der Waals surface area contributed by atoms with Crippen molar-refractivity contribution in [2.75, 3.05) is 26.0 Å². The summed E-state index contributed by atoms with van der Waals surface area (Å²) in [6, 6.07) is 4.52. The summed E-state index contributed by atoms with van der Waals surface area (Å²) in [5.74, 6) is -0.181. The molecule has 0 aliphatic rings. The molecule has 0 saturated carbocycles. The molecule has 0 fully saturated rings. The molecule has 1 aromatic rings. The molecule has 0 saturated heterocycles. The van der Waals surface area contributed by atoms with Crippen molar-refractivity contribution in [3.63, 3.8) is 0 Å². The number of carbonyl (C=O) groups is 1. The number of benzene rings is 1. The number of nitro groups is 1. The van der Waals surface area contributed by atoms with Gasteiger partial charge in [0.05, 0.1) is 11.5 Å². The van der Waals surface area contributed by atoms with Crippen LogP contribution in [-0.2, 0) is 4.79 Å². The number of para-hydroxylation sites is 1. The van der Waals surface area contributed by atoms with E-state index >= 15 is 0 Å². The number of nitrogens with zero attached hydrogens (tertiary/aromatic N) is 2. The third-order valence-corrected chi connectivity index (χ3v) is 2.40. The average molecular weight is 258 g/mol. The van der Waals surface area contributed by atoms with Crippen LogP contribution in [0.2, 0.25) is 5.02 Å². The first-order valence-corrected chi connectivity index (χ1v) is 5.18. The number of rotatable bonds is 4. The van der Waals surface area contributed by atoms with Crippen molar-refractivity contribution in [2.24, 2.45) is 0 Å². The van der Waals surface area contributed by atoms with E-state index in [0.717, 1.165) is 0 Å². The molecule has 0 heterocycles. The Morgan fingerprint density at radius 2 is 2.18 bits per heavy atom. The number of nitro benzene ring substituents is 1. The van der Waals surface area contributed by atoms with E-state index in [2.05, 4.69) is 5.32 Å². The zero-order valence-corrected chi connectivity index (χ0v) is 10.2. The highest BCUT2D eigenvalue weighted by atomic mass is 35.5. The fraction of sp³-hybridized carbons (Fsp3) is 0.300. The molecule has 1 amide bonds. The van der Waals surface area contributed by atoms with Crippen molar-refractivity contribution in [3.8, 4) is 0 Å². The van der Waals surface area contributed by atoms with Crippen molar-refractivity contribution in [2.45, 2.75) is 0 Å². The molecule has 0 bridgehead atoms. The quantitative estimate of drug-likeness (QED) is 0.659. The lowest BCUT2D eigenvalue weighted by atomic mass is 10.2. The average Bonchev–Trinajstić information content (AvgIpc) is 2.24. The third kappa shape index (κ3) is 3.32. The fourth-order valence-corrected chi connectivity index (χ4v) is 1.42. The fourth-order valence-electron chi connectivity index (χ4n) is 1.17. The lowest BCUT2D eigenvalue weighted by Gasteiger charge is -2.12. The van der Waals surface area contributed by atoms with Crippen molar-refractivity contribution in [1.82, 2.24) is 4.90 Å². The third-order valence-electron chi connectivity index (χ3n) is 2.10. The topological polar surface area (TPSA) is 75.5 Å². The number of anilines is 1. The highest BCUT2D eigenvalue weighted by molar-refractivity contribution is 6.33. The van der Waals surface area contributed by atoms with Crippen LogP contribution in [0.5, 0.6) is 0 Å². The van der Waals surface area contributed by atoms with Crippen LogP contribution in [-0.4, -0.2) is 36.4 Å². The molecule has 17 heavy (non-hydrogen) atoms. The number of amides is 1. The van der Waals surface area contributed by atoms with Crippen LogP contribution in [0.1, 0.15) is 0 Å². The minimum atomic E-state index is -0.579. The molecule has 1 aromatic carbocycles. The number of likely N-dealkylation sites (N-methyl/N-ethyl adjacent to an activating group) is 1. The van der Waals surface area contributed by atoms with Crippen LogP contribution in [0, 0.1) is 10.1 Å². The Labute approximate surface area is 103 Å². The Bertz CT molecular complexity index is 448. The van der Waals surface area contributed by atoms with E-state index in [0.29, 0.717) is 0 Å². The zero-order valence-electron chi connectivity index (χ0n) is 9.44. The zero-order chi connectivity index (χ0) is 13.0. The summed E-state index contributed by atoms with van der Waals surface area (Å²) in [5, 5.41) is 13.5. The molecular weight excluding hydrogens is 246 g/mol. The van der Waals surface area contributed by atoms with E-state index in [1.54, 1.807) is 20.2 Å². The standard InChI is InChI=1S/C10H12ClN3O3/c1-13(2)9(15)6-12-8-5-3-4-7(11)10(8)14(16)17/h3-5,12H,6H2,1-2H3. The van der Waals surface area contributed by atoms with Gasteiger partial charge < -0.3 is 10.2 Å². The molecule has 6 nitrogen and oxygen atoms in total. The Morgan fingerprint density at radius 1 is 1.53 bits per heavy atom. The lowest BCUT2D eigenvalue weighted by Crippen LogP contribution is -2.28. The van der Waals surface area contributed by atoms with Gasteiger partial charge in [0.15, 0.2) is 0 Å². The summed E-state index contributed by atoms with van der Waals surface area (Å²) in [6.07, 6.45) is 0. The Balaban J connectivity index is 2.88. The maximum atomic E-state index is 11.3. The van der Waals surface area contributed by atoms with Gasteiger partial charge in [-0.25, -0.2) is 0 Å². The molecule has 0 aliphatic heterocycles. The number of hydrogen-bond donors (Lipinski definition) is 1. The van der Waals surface area contributed by atoms with Crippen LogP contribution in [0.3, 0.4) is 0 Å². The first-order chi connectivity index (χ1) is 7.93. The van der Waals surface area contributed by atoms with Gasteiger partial charge in [-0.15, -0.1) is 0 Å². The molecule has 7 heteroatoms. The summed E-state index contributed by atoms with van der Waals surface area (Å²) >= 11 is 5.73. The van der Waals surface area contributed by atoms with Crippen LogP contribution < -0.4 is 5.32 Å². The Hall–Kier alpha value is -1.82. The van der Waals surface area contributed by atoms with E-state index in [-0.39, 0.29) is 28.8 Å². The van der Waals surface area contributed by atoms with Gasteiger partial charge in [-0.2, -0.15) is 0 Å². The molecule has 0 aliphatic carbocycles. The van der Waals surface area contributed by atoms with Crippen LogP contribution in [0.4, 0.5) is 11.4 Å². The Kier molecular flexibility index (Phi) is 4.28. The summed E-state index contributed by atoms with van der Waals surface area (Å²) < 4.78 is 0. The number of halogens is 1. The van der Waals surface area contributed by atoms with Gasteiger partial charge in [-0.05, 0) is 12.1 Å². The van der Waals surface area contributed by atoms with Crippen molar-refractivity contribution < 1.29 is 9.72 Å². The molecule has 0 atom stereocenters. The summed E-state index contributed by atoms with van der Waals surface area (Å²) in [5.41, 5.74) is 0.0124. The first-order valence-electron chi connectivity index (χ1n) is 4.80. The minimum absolute atomic E-state index is 0.0197. The summed E-state index contributed by atoms with van der Waals surface area (Å²) in [6.45, 7) is -0.0197. The normalized spacial score (nSPS) is 9.82. The van der Waals surface area contributed by atoms with Gasteiger partial charge in [0.25, 0.3) is 0 Å². The van der Waals surface area contributed by atoms with E-state index in [1.807, 2.05) is 0 Å². The first kappa shape index (κ1) is 13.2. The molecule has 92 valence electrons. The van der Waals surface area contributed by atoms with Gasteiger partial charge in [0, 0.05) is 14.1 Å². The molecule has 1 N–H and O–H groups in total. The van der Waals surface area contributed by atoms with E-state index in [9.17, 15) is 14.9 Å². The van der Waals surface area contributed by atoms with Crippen molar-refractivity contribution in [3.05, 3.63) is 33.3 Å². The van der Waals surface area contributed by atoms with E-state index in [4.69, 9.17) is 11.6 Å². The SMILES string of the molecule is CN(C)C(=O)CNc1cccc(Cl)c1[N+](=O)[O-]. The van der Waals surface area contributed by atoms with E-state index < -0.39 is 4.92 Å². The second-order valence-corrected chi connectivity index (χ2v) is 3.94. The van der Waals surface area contributed by atoms with Gasteiger partial charge in [-0.1, -0.05) is 17.7 Å². The minimum Gasteiger partial charge on any atom is -0.371 e. The molecule has 1 rings (SSSR count). The van der Waals surface area contributed by atoms with E-state index in [1.165, 1.54) is 17.0 Å². The summed E-state index contributed by atoms with van der Waals surface area (Å²) in [7, 11) is 3.22. The number of nitrogens with one attached hydrogen (secondary N) is 1. The van der Waals surface area contributed by atoms with Crippen LogP contribution >= 0.6 is 11.6 Å². The van der Waals surface area contributed by atoms with Gasteiger partial charge in [-0.3, -0.25) is 14.9 Å². The van der Waals surface area contributed by atoms with Crippen molar-refractivity contribution >= 4 is 28.9 Å². The maximum absolute atomic E-state index is 11.3. The highest BCUT2D eigenvalue weighted by Gasteiger charge is 2.18. The lowest BCUT2D eigenvalue weighted by molar-refractivity contribution is -0.383. The largest absolute Gasteiger partial charge is 0.371 e. The maximum Gasteiger partial charge on any atom is 0.310 e. The monoisotopic (exact) mass is 257 g/mol. The second kappa shape index (κ2) is 5.49. The molecule has 0 unspecified atom stereocenters. The van der Waals surface area contributed by atoms with Crippen molar-refractivity contribution in [1.29, 1.82) is 0 Å². The van der Waals surface area contributed by atoms with Crippen LogP contribution in [0.15, 0.2) is 18.2 Å². The number of carbonyl (C=O) groups excluding carboxylic acids is 1. The number of hydrogen-bond acceptors (Lipinski definition) is 4. The second-order valence-electron chi connectivity index (χ2n) is 3.53. The molecule has 0 aromatic heterocycles. The summed E-state index contributed by atoms with van der Waals surface area (Å²) in [4.78, 5) is 23.0. The van der Waals surface area contributed by atoms with Gasteiger partial charge >= 0.3 is 5.69 Å². The molecular formula is C10H12ClN3O3. The Morgan fingerprint density at radius 3 is 2.71 bits per heavy atom. The molecule has 0 spiro atoms. The predicted molar refractivity (Wildman–Crippen MR) is 65.3 cm³/mol. The highest BCUT2D eigenvalue weighted by Crippen LogP contribution is 2.31. The van der Waals surface area contributed by atoms with Gasteiger partial charge in [0.1, 0.15) is 10.7 Å². The molecule has 0 radical (unpaired) electrons. The van der Waals surface area contributed by atoms with Crippen LogP contribution in [0.25, 0.3) is 0 Å². The van der Waals surface area contributed by atoms with Gasteiger partial charge in [0.2, 0.25) is 5.91 Å². The predicted octanol–water partition coefficient (Wildman–Crippen LogP) is 1.75. The smallest absolute Gasteiger partial charge is 0.310 e.